The molecule has 122 valence electrons. The van der Waals surface area contributed by atoms with Gasteiger partial charge in [-0.05, 0) is 46.4 Å². The van der Waals surface area contributed by atoms with Gasteiger partial charge in [-0.1, -0.05) is 11.6 Å². The summed E-state index contributed by atoms with van der Waals surface area (Å²) in [5, 5.41) is 8.30. The molecule has 1 atom stereocenters. The minimum Gasteiger partial charge on any atom is -0.444 e. The van der Waals surface area contributed by atoms with Gasteiger partial charge in [0.2, 0.25) is 0 Å². The number of hydrogen-bond donors (Lipinski definition) is 0. The zero-order valence-corrected chi connectivity index (χ0v) is 14.3. The lowest BCUT2D eigenvalue weighted by Gasteiger charge is -2.26. The van der Waals surface area contributed by atoms with Crippen molar-refractivity contribution in [2.24, 2.45) is 0 Å². The van der Waals surface area contributed by atoms with E-state index in [1.54, 1.807) is 11.0 Å². The second-order valence-electron chi connectivity index (χ2n) is 6.63. The lowest BCUT2D eigenvalue weighted by atomic mass is 10.2. The molecule has 0 unspecified atom stereocenters. The van der Waals surface area contributed by atoms with Crippen LogP contribution in [0.25, 0.3) is 0 Å². The first-order valence-corrected chi connectivity index (χ1v) is 7.78. The molecule has 1 fully saturated rings. The van der Waals surface area contributed by atoms with E-state index in [1.165, 1.54) is 0 Å². The number of aromatic nitrogens is 2. The molecule has 1 aliphatic rings. The van der Waals surface area contributed by atoms with Crippen LogP contribution in [-0.4, -0.2) is 57.9 Å². The molecule has 2 heterocycles. The normalized spacial score (nSPS) is 18.8. The second kappa shape index (κ2) is 6.79. The van der Waals surface area contributed by atoms with Gasteiger partial charge in [0, 0.05) is 25.7 Å². The second-order valence-corrected chi connectivity index (χ2v) is 7.02. The van der Waals surface area contributed by atoms with Gasteiger partial charge in [-0.3, -0.25) is 4.90 Å². The fourth-order valence-corrected chi connectivity index (χ4v) is 2.51. The molecule has 0 bridgehead atoms. The largest absolute Gasteiger partial charge is 0.444 e. The van der Waals surface area contributed by atoms with Crippen LogP contribution in [0, 0.1) is 0 Å². The Morgan fingerprint density at radius 3 is 2.77 bits per heavy atom. The standard InChI is InChI=1S/C15H23ClN4O2/c1-15(2,3)22-14(21)20-8-7-12(10-20)19(4)9-11-5-6-13(16)18-17-11/h5-6,12H,7-10H2,1-4H3/t12-/m0/s1. The molecule has 0 spiro atoms. The number of carbonyl (C=O) groups excluding carboxylic acids is 1. The Balaban J connectivity index is 1.87. The number of carbonyl (C=O) groups is 1. The van der Waals surface area contributed by atoms with E-state index < -0.39 is 5.60 Å². The highest BCUT2D eigenvalue weighted by molar-refractivity contribution is 6.29. The maximum atomic E-state index is 12.1. The van der Waals surface area contributed by atoms with E-state index in [1.807, 2.05) is 33.9 Å². The highest BCUT2D eigenvalue weighted by atomic mass is 35.5. The topological polar surface area (TPSA) is 58.6 Å². The first kappa shape index (κ1) is 17.0. The summed E-state index contributed by atoms with van der Waals surface area (Å²) < 4.78 is 5.41. The van der Waals surface area contributed by atoms with E-state index in [4.69, 9.17) is 16.3 Å². The summed E-state index contributed by atoms with van der Waals surface area (Å²) in [4.78, 5) is 16.0. The van der Waals surface area contributed by atoms with Crippen LogP contribution in [0.15, 0.2) is 12.1 Å². The Kier molecular flexibility index (Phi) is 5.24. The van der Waals surface area contributed by atoms with Crippen molar-refractivity contribution in [3.8, 4) is 0 Å². The summed E-state index contributed by atoms with van der Waals surface area (Å²) in [5.74, 6) is 0. The third kappa shape index (κ3) is 4.81. The van der Waals surface area contributed by atoms with Crippen molar-refractivity contribution in [1.82, 2.24) is 20.0 Å². The van der Waals surface area contributed by atoms with Crippen LogP contribution in [0.3, 0.4) is 0 Å². The van der Waals surface area contributed by atoms with Crippen molar-refractivity contribution in [3.63, 3.8) is 0 Å². The number of rotatable bonds is 3. The minimum absolute atomic E-state index is 0.241. The molecule has 0 radical (unpaired) electrons. The van der Waals surface area contributed by atoms with E-state index in [-0.39, 0.29) is 6.09 Å². The lowest BCUT2D eigenvalue weighted by Crippen LogP contribution is -2.38. The van der Waals surface area contributed by atoms with Gasteiger partial charge >= 0.3 is 6.09 Å². The van der Waals surface area contributed by atoms with Crippen LogP contribution in [0.2, 0.25) is 5.15 Å². The van der Waals surface area contributed by atoms with Crippen LogP contribution in [0.4, 0.5) is 4.79 Å². The monoisotopic (exact) mass is 326 g/mol. The smallest absolute Gasteiger partial charge is 0.410 e. The Labute approximate surface area is 136 Å². The number of nitrogens with zero attached hydrogens (tertiary/aromatic N) is 4. The third-order valence-corrected chi connectivity index (χ3v) is 3.74. The Morgan fingerprint density at radius 1 is 1.45 bits per heavy atom. The summed E-state index contributed by atoms with van der Waals surface area (Å²) in [6.07, 6.45) is 0.686. The molecular weight excluding hydrogens is 304 g/mol. The number of amides is 1. The Bertz CT molecular complexity index is 515. The van der Waals surface area contributed by atoms with Crippen molar-refractivity contribution in [2.45, 2.75) is 45.4 Å². The SMILES string of the molecule is CN(Cc1ccc(Cl)nn1)[C@H]1CCN(C(=O)OC(C)(C)C)C1. The number of hydrogen-bond acceptors (Lipinski definition) is 5. The zero-order valence-electron chi connectivity index (χ0n) is 13.5. The lowest BCUT2D eigenvalue weighted by molar-refractivity contribution is 0.0282. The van der Waals surface area contributed by atoms with Gasteiger partial charge in [0.25, 0.3) is 0 Å². The molecule has 1 amide bonds. The molecule has 2 rings (SSSR count). The molecule has 7 heteroatoms. The molecule has 0 aliphatic carbocycles. The molecule has 1 aromatic heterocycles. The van der Waals surface area contributed by atoms with Crippen molar-refractivity contribution < 1.29 is 9.53 Å². The minimum atomic E-state index is -0.458. The predicted molar refractivity (Wildman–Crippen MR) is 84.7 cm³/mol. The molecule has 1 aromatic rings. The number of likely N-dealkylation sites (tertiary alicyclic amines) is 1. The first-order valence-electron chi connectivity index (χ1n) is 7.41. The molecule has 0 aromatic carbocycles. The average molecular weight is 327 g/mol. The maximum absolute atomic E-state index is 12.1. The summed E-state index contributed by atoms with van der Waals surface area (Å²) in [6.45, 7) is 7.71. The van der Waals surface area contributed by atoms with E-state index in [9.17, 15) is 4.79 Å². The van der Waals surface area contributed by atoms with Gasteiger partial charge < -0.3 is 9.64 Å². The number of likely N-dealkylation sites (N-methyl/N-ethyl adjacent to an activating group) is 1. The van der Waals surface area contributed by atoms with E-state index in [0.29, 0.717) is 24.3 Å². The van der Waals surface area contributed by atoms with E-state index >= 15 is 0 Å². The quantitative estimate of drug-likeness (QED) is 0.854. The number of halogens is 1. The van der Waals surface area contributed by atoms with Crippen LogP contribution >= 0.6 is 11.6 Å². The fraction of sp³-hybridized carbons (Fsp3) is 0.667. The van der Waals surface area contributed by atoms with Gasteiger partial charge in [-0.25, -0.2) is 4.79 Å². The summed E-state index contributed by atoms with van der Waals surface area (Å²) in [7, 11) is 2.03. The molecule has 0 N–H and O–H groups in total. The molecule has 1 aliphatic heterocycles. The molecule has 6 nitrogen and oxygen atoms in total. The van der Waals surface area contributed by atoms with Crippen LogP contribution < -0.4 is 0 Å². The maximum Gasteiger partial charge on any atom is 0.410 e. The van der Waals surface area contributed by atoms with Crippen molar-refractivity contribution in [3.05, 3.63) is 23.0 Å². The number of ether oxygens (including phenoxy) is 1. The predicted octanol–water partition coefficient (Wildman–Crippen LogP) is 2.57. The highest BCUT2D eigenvalue weighted by Crippen LogP contribution is 2.19. The van der Waals surface area contributed by atoms with E-state index in [2.05, 4.69) is 15.1 Å². The van der Waals surface area contributed by atoms with Gasteiger partial charge in [0.1, 0.15) is 5.60 Å². The highest BCUT2D eigenvalue weighted by Gasteiger charge is 2.31. The van der Waals surface area contributed by atoms with Crippen molar-refractivity contribution >= 4 is 17.7 Å². The summed E-state index contributed by atoms with van der Waals surface area (Å²) >= 11 is 5.74. The Hall–Kier alpha value is -1.40. The average Bonchev–Trinajstić information content (AvgIpc) is 2.89. The molecule has 0 saturated carbocycles. The molecular formula is C15H23ClN4O2. The zero-order chi connectivity index (χ0) is 16.3. The van der Waals surface area contributed by atoms with Gasteiger partial charge in [-0.2, -0.15) is 5.10 Å². The van der Waals surface area contributed by atoms with E-state index in [0.717, 1.165) is 18.7 Å². The fourth-order valence-electron chi connectivity index (χ4n) is 2.41. The molecule has 1 saturated heterocycles. The van der Waals surface area contributed by atoms with Crippen molar-refractivity contribution in [1.29, 1.82) is 0 Å². The summed E-state index contributed by atoms with van der Waals surface area (Å²) in [5.41, 5.74) is 0.405. The first-order chi connectivity index (χ1) is 10.2. The van der Waals surface area contributed by atoms with Gasteiger partial charge in [0.15, 0.2) is 5.15 Å². The van der Waals surface area contributed by atoms with Crippen LogP contribution in [-0.2, 0) is 11.3 Å². The van der Waals surface area contributed by atoms with Gasteiger partial charge in [0.05, 0.1) is 5.69 Å². The van der Waals surface area contributed by atoms with Gasteiger partial charge in [-0.15, -0.1) is 5.10 Å². The Morgan fingerprint density at radius 2 is 2.18 bits per heavy atom. The molecule has 22 heavy (non-hydrogen) atoms. The van der Waals surface area contributed by atoms with Crippen molar-refractivity contribution in [2.75, 3.05) is 20.1 Å². The summed E-state index contributed by atoms with van der Waals surface area (Å²) in [6, 6.07) is 3.90. The third-order valence-electron chi connectivity index (χ3n) is 3.54. The van der Waals surface area contributed by atoms with Crippen LogP contribution in [0.1, 0.15) is 32.9 Å². The van der Waals surface area contributed by atoms with Crippen LogP contribution in [0.5, 0.6) is 0 Å².